The van der Waals surface area contributed by atoms with E-state index in [1.807, 2.05) is 0 Å². The van der Waals surface area contributed by atoms with Gasteiger partial charge < -0.3 is 0 Å². The number of hydrogen-bond donors (Lipinski definition) is 0. The molecule has 8 rings (SSSR count). The van der Waals surface area contributed by atoms with Crippen LogP contribution in [-0.4, -0.2) is 4.98 Å². The van der Waals surface area contributed by atoms with E-state index < -0.39 is 0 Å². The predicted octanol–water partition coefficient (Wildman–Crippen LogP) is 12.5. The first-order chi connectivity index (χ1) is 22.7. The fraction of sp³-hybridized carbons (Fsp3) is 0.0889. The summed E-state index contributed by atoms with van der Waals surface area (Å²) in [6.45, 7) is 4.31. The van der Waals surface area contributed by atoms with Crippen molar-refractivity contribution in [2.45, 2.75) is 26.7 Å². The number of rotatable bonds is 6. The van der Waals surface area contributed by atoms with E-state index in [0.29, 0.717) is 0 Å². The van der Waals surface area contributed by atoms with Gasteiger partial charge in [-0.15, -0.1) is 0 Å². The molecule has 0 saturated heterocycles. The van der Waals surface area contributed by atoms with Crippen molar-refractivity contribution in [1.29, 1.82) is 0 Å². The van der Waals surface area contributed by atoms with Crippen LogP contribution in [0.5, 0.6) is 0 Å². The average molecular weight is 590 g/mol. The maximum absolute atomic E-state index is 4.83. The third-order valence-electron chi connectivity index (χ3n) is 9.30. The molecule has 7 aromatic carbocycles. The van der Waals surface area contributed by atoms with Crippen LogP contribution in [0.1, 0.15) is 24.7 Å². The Bertz CT molecular complexity index is 2310. The number of aromatic nitrogens is 1. The van der Waals surface area contributed by atoms with Gasteiger partial charge in [0.25, 0.3) is 0 Å². The molecule has 220 valence electrons. The molecule has 0 saturated carbocycles. The molecule has 0 radical (unpaired) electrons. The van der Waals surface area contributed by atoms with Crippen molar-refractivity contribution >= 4 is 32.3 Å². The largest absolute Gasteiger partial charge is 0.258 e. The fourth-order valence-corrected chi connectivity index (χ4v) is 7.09. The minimum atomic E-state index is 1.03. The van der Waals surface area contributed by atoms with E-state index in [4.69, 9.17) is 4.98 Å². The van der Waals surface area contributed by atoms with Crippen LogP contribution in [0.3, 0.4) is 0 Å². The maximum atomic E-state index is 4.83. The van der Waals surface area contributed by atoms with Gasteiger partial charge in [-0.2, -0.15) is 0 Å². The lowest BCUT2D eigenvalue weighted by atomic mass is 9.85. The summed E-state index contributed by atoms with van der Waals surface area (Å²) in [5.74, 6) is 0. The zero-order valence-electron chi connectivity index (χ0n) is 26.3. The SMILES string of the molecule is CCCc1ccc(-c2ccc(-c3ccc4cc(-c5c6ccccc6c(-c6ccccc6)c6ccccc56)ccc4c3)cc2)c(C)n1. The molecule has 1 heteroatoms. The normalized spacial score (nSPS) is 11.4. The first-order valence-corrected chi connectivity index (χ1v) is 16.3. The van der Waals surface area contributed by atoms with Gasteiger partial charge in [-0.05, 0) is 103 Å². The lowest BCUT2D eigenvalue weighted by molar-refractivity contribution is 0.875. The summed E-state index contributed by atoms with van der Waals surface area (Å²) in [5, 5.41) is 7.61. The summed E-state index contributed by atoms with van der Waals surface area (Å²) in [7, 11) is 0. The van der Waals surface area contributed by atoms with Crippen molar-refractivity contribution in [2.24, 2.45) is 0 Å². The Morgan fingerprint density at radius 2 is 0.935 bits per heavy atom. The van der Waals surface area contributed by atoms with Crippen LogP contribution >= 0.6 is 0 Å². The summed E-state index contributed by atoms with van der Waals surface area (Å²) in [5.41, 5.74) is 12.2. The van der Waals surface area contributed by atoms with Crippen LogP contribution in [0.4, 0.5) is 0 Å². The minimum Gasteiger partial charge on any atom is -0.258 e. The van der Waals surface area contributed by atoms with E-state index >= 15 is 0 Å². The maximum Gasteiger partial charge on any atom is 0.0454 e. The molecule has 0 aliphatic rings. The third-order valence-corrected chi connectivity index (χ3v) is 9.30. The average Bonchev–Trinajstić information content (AvgIpc) is 3.11. The molecule has 46 heavy (non-hydrogen) atoms. The number of pyridine rings is 1. The van der Waals surface area contributed by atoms with Gasteiger partial charge >= 0.3 is 0 Å². The molecule has 8 aromatic rings. The Labute approximate surface area is 270 Å². The Morgan fingerprint density at radius 3 is 1.52 bits per heavy atom. The summed E-state index contributed by atoms with van der Waals surface area (Å²) >= 11 is 0. The van der Waals surface area contributed by atoms with Crippen molar-refractivity contribution in [3.63, 3.8) is 0 Å². The standard InChI is InChI=1S/C45H35N/c1-3-11-38-26-27-39(30(2)46-38)32-20-18-31(19-21-32)34-22-23-36-29-37(25-24-35(36)28-34)45-42-16-9-7-14-40(42)44(33-12-5-4-6-13-33)41-15-8-10-17-43(41)45/h4-10,12-29H,3,11H2,1-2H3. The molecule has 1 nitrogen and oxygen atoms in total. The first kappa shape index (κ1) is 28.0. The zero-order chi connectivity index (χ0) is 31.0. The molecule has 1 heterocycles. The van der Waals surface area contributed by atoms with Crippen molar-refractivity contribution in [3.05, 3.63) is 163 Å². The van der Waals surface area contributed by atoms with Crippen molar-refractivity contribution in [2.75, 3.05) is 0 Å². The van der Waals surface area contributed by atoms with Gasteiger partial charge in [-0.1, -0.05) is 147 Å². The molecule has 0 atom stereocenters. The smallest absolute Gasteiger partial charge is 0.0454 e. The Kier molecular flexibility index (Phi) is 7.15. The molecule has 0 aliphatic carbocycles. The second-order valence-electron chi connectivity index (χ2n) is 12.2. The van der Waals surface area contributed by atoms with Crippen LogP contribution in [0.25, 0.3) is 76.8 Å². The molecular weight excluding hydrogens is 555 g/mol. The number of benzene rings is 7. The highest BCUT2D eigenvalue weighted by Gasteiger charge is 2.16. The summed E-state index contributed by atoms with van der Waals surface area (Å²) in [4.78, 5) is 4.83. The molecule has 0 unspecified atom stereocenters. The van der Waals surface area contributed by atoms with Crippen molar-refractivity contribution in [3.8, 4) is 44.5 Å². The van der Waals surface area contributed by atoms with Crippen LogP contribution < -0.4 is 0 Å². The summed E-state index contributed by atoms with van der Waals surface area (Å²) in [6, 6.07) is 55.6. The Hall–Kier alpha value is -5.53. The monoisotopic (exact) mass is 589 g/mol. The summed E-state index contributed by atoms with van der Waals surface area (Å²) in [6.07, 6.45) is 2.14. The predicted molar refractivity (Wildman–Crippen MR) is 197 cm³/mol. The second-order valence-corrected chi connectivity index (χ2v) is 12.2. The summed E-state index contributed by atoms with van der Waals surface area (Å²) < 4.78 is 0. The third kappa shape index (κ3) is 4.95. The fourth-order valence-electron chi connectivity index (χ4n) is 7.09. The zero-order valence-corrected chi connectivity index (χ0v) is 26.3. The number of hydrogen-bond acceptors (Lipinski definition) is 1. The van der Waals surface area contributed by atoms with Crippen LogP contribution in [0.15, 0.2) is 152 Å². The molecule has 0 fully saturated rings. The molecule has 0 amide bonds. The topological polar surface area (TPSA) is 12.9 Å². The molecule has 1 aromatic heterocycles. The number of aryl methyl sites for hydroxylation is 2. The molecule has 0 spiro atoms. The van der Waals surface area contributed by atoms with Crippen molar-refractivity contribution in [1.82, 2.24) is 4.98 Å². The molecule has 0 aliphatic heterocycles. The van der Waals surface area contributed by atoms with Gasteiger partial charge in [0.1, 0.15) is 0 Å². The number of fused-ring (bicyclic) bond motifs is 3. The van der Waals surface area contributed by atoms with E-state index in [-0.39, 0.29) is 0 Å². The van der Waals surface area contributed by atoms with Crippen molar-refractivity contribution < 1.29 is 0 Å². The van der Waals surface area contributed by atoms with E-state index in [0.717, 1.165) is 18.5 Å². The molecule has 0 N–H and O–H groups in total. The highest BCUT2D eigenvalue weighted by molar-refractivity contribution is 6.21. The van der Waals surface area contributed by atoms with Gasteiger partial charge in [0.05, 0.1) is 0 Å². The van der Waals surface area contributed by atoms with Crippen LogP contribution in [0, 0.1) is 6.92 Å². The van der Waals surface area contributed by atoms with E-state index in [1.54, 1.807) is 0 Å². The van der Waals surface area contributed by atoms with E-state index in [2.05, 4.69) is 166 Å². The van der Waals surface area contributed by atoms with Gasteiger partial charge in [0, 0.05) is 17.0 Å². The Morgan fingerprint density at radius 1 is 0.435 bits per heavy atom. The van der Waals surface area contributed by atoms with Gasteiger partial charge in [-0.25, -0.2) is 0 Å². The van der Waals surface area contributed by atoms with E-state index in [9.17, 15) is 0 Å². The quantitative estimate of drug-likeness (QED) is 0.176. The minimum absolute atomic E-state index is 1.03. The lowest BCUT2D eigenvalue weighted by Crippen LogP contribution is -1.94. The van der Waals surface area contributed by atoms with Gasteiger partial charge in [0.2, 0.25) is 0 Å². The number of nitrogens with zero attached hydrogens (tertiary/aromatic N) is 1. The van der Waals surface area contributed by atoms with Crippen LogP contribution in [-0.2, 0) is 6.42 Å². The highest BCUT2D eigenvalue weighted by atomic mass is 14.7. The Balaban J connectivity index is 1.19. The molecule has 0 bridgehead atoms. The second kappa shape index (κ2) is 11.8. The van der Waals surface area contributed by atoms with Gasteiger partial charge in [-0.3, -0.25) is 4.98 Å². The van der Waals surface area contributed by atoms with E-state index in [1.165, 1.54) is 82.5 Å². The van der Waals surface area contributed by atoms with Crippen LogP contribution in [0.2, 0.25) is 0 Å². The lowest BCUT2D eigenvalue weighted by Gasteiger charge is -2.18. The highest BCUT2D eigenvalue weighted by Crippen LogP contribution is 2.44. The molecular formula is C45H35N. The van der Waals surface area contributed by atoms with Gasteiger partial charge in [0.15, 0.2) is 0 Å². The first-order valence-electron chi connectivity index (χ1n) is 16.3.